The number of anilines is 2. The highest BCUT2D eigenvalue weighted by Gasteiger charge is 2.08. The van der Waals surface area contributed by atoms with Gasteiger partial charge in [0.25, 0.3) is 0 Å². The Labute approximate surface area is 237 Å². The lowest BCUT2D eigenvalue weighted by molar-refractivity contribution is 0.299. The first-order chi connectivity index (χ1) is 18.7. The Balaban J connectivity index is 2.01. The number of hydrogen-bond acceptors (Lipinski definition) is 4. The third-order valence-electron chi connectivity index (χ3n) is 7.65. The largest absolute Gasteiger partial charge is 0.491 e. The summed E-state index contributed by atoms with van der Waals surface area (Å²) in [6, 6.07) is 3.65. The SMILES string of the molecule is CCCCCCCCCCCCCCOc1cc(N)c(OCCCCCCCCCCCCCC)cc1N. The molecule has 0 amide bonds. The molecule has 0 spiro atoms. The van der Waals surface area contributed by atoms with Crippen LogP contribution in [-0.2, 0) is 0 Å². The predicted octanol–water partition coefficient (Wildman–Crippen LogP) is 11.0. The first-order valence-electron chi connectivity index (χ1n) is 16.6. The maximum absolute atomic E-state index is 6.22. The highest BCUT2D eigenvalue weighted by Crippen LogP contribution is 2.33. The van der Waals surface area contributed by atoms with Gasteiger partial charge in [-0.1, -0.05) is 155 Å². The van der Waals surface area contributed by atoms with E-state index >= 15 is 0 Å². The minimum Gasteiger partial charge on any atom is -0.491 e. The van der Waals surface area contributed by atoms with Crippen LogP contribution < -0.4 is 20.9 Å². The van der Waals surface area contributed by atoms with E-state index in [1.807, 2.05) is 12.1 Å². The van der Waals surface area contributed by atoms with Crippen LogP contribution >= 0.6 is 0 Å². The average Bonchev–Trinajstić information content (AvgIpc) is 2.91. The number of benzene rings is 1. The smallest absolute Gasteiger partial charge is 0.144 e. The van der Waals surface area contributed by atoms with Crippen LogP contribution in [-0.4, -0.2) is 13.2 Å². The number of nitrogen functional groups attached to an aromatic ring is 2. The molecule has 0 aliphatic heterocycles. The summed E-state index contributed by atoms with van der Waals surface area (Å²) < 4.78 is 11.9. The minimum absolute atomic E-state index is 0.614. The molecule has 4 N–H and O–H groups in total. The molecular formula is C34H64N2O2. The Kier molecular flexibility index (Phi) is 23.3. The Morgan fingerprint density at radius 2 is 0.632 bits per heavy atom. The van der Waals surface area contributed by atoms with Gasteiger partial charge in [0.15, 0.2) is 0 Å². The number of hydrogen-bond donors (Lipinski definition) is 2. The zero-order valence-corrected chi connectivity index (χ0v) is 25.5. The number of rotatable bonds is 28. The fraction of sp³-hybridized carbons (Fsp3) is 0.824. The molecule has 222 valence electrons. The van der Waals surface area contributed by atoms with Crippen LogP contribution in [0.4, 0.5) is 11.4 Å². The molecule has 0 aliphatic rings. The summed E-state index contributed by atoms with van der Waals surface area (Å²) in [5.74, 6) is 1.37. The van der Waals surface area contributed by atoms with Gasteiger partial charge in [0.2, 0.25) is 0 Å². The van der Waals surface area contributed by atoms with E-state index < -0.39 is 0 Å². The van der Waals surface area contributed by atoms with Gasteiger partial charge in [-0.15, -0.1) is 0 Å². The molecule has 38 heavy (non-hydrogen) atoms. The Bertz CT molecular complexity index is 594. The second kappa shape index (κ2) is 25.7. The molecule has 1 aromatic rings. The maximum atomic E-state index is 6.22. The molecule has 0 radical (unpaired) electrons. The summed E-state index contributed by atoms with van der Waals surface area (Å²) >= 11 is 0. The quantitative estimate of drug-likeness (QED) is 0.0831. The predicted molar refractivity (Wildman–Crippen MR) is 168 cm³/mol. The monoisotopic (exact) mass is 532 g/mol. The van der Waals surface area contributed by atoms with Crippen molar-refractivity contribution in [3.8, 4) is 11.5 Å². The van der Waals surface area contributed by atoms with Gasteiger partial charge >= 0.3 is 0 Å². The standard InChI is InChI=1S/C34H64N2O2/c1-3-5-7-9-11-13-15-17-19-21-23-25-27-37-33-29-32(36)34(30-31(33)35)38-28-26-24-22-20-18-16-14-12-10-8-6-4-2/h29-30H,3-28,35-36H2,1-2H3. The van der Waals surface area contributed by atoms with Gasteiger partial charge in [0, 0.05) is 12.1 Å². The summed E-state index contributed by atoms with van der Waals surface area (Å²) in [5, 5.41) is 0. The van der Waals surface area contributed by atoms with E-state index in [-0.39, 0.29) is 0 Å². The van der Waals surface area contributed by atoms with Crippen molar-refractivity contribution < 1.29 is 9.47 Å². The Morgan fingerprint density at radius 3 is 0.895 bits per heavy atom. The normalized spacial score (nSPS) is 11.2. The lowest BCUT2D eigenvalue weighted by Gasteiger charge is -2.14. The van der Waals surface area contributed by atoms with Gasteiger partial charge in [0.05, 0.1) is 24.6 Å². The summed E-state index contributed by atoms with van der Waals surface area (Å²) in [7, 11) is 0. The molecule has 0 aliphatic carbocycles. The molecule has 0 bridgehead atoms. The molecule has 1 rings (SSSR count). The van der Waals surface area contributed by atoms with Crippen molar-refractivity contribution in [3.05, 3.63) is 12.1 Å². The van der Waals surface area contributed by atoms with Crippen molar-refractivity contribution in [1.82, 2.24) is 0 Å². The lowest BCUT2D eigenvalue weighted by atomic mass is 10.1. The molecule has 0 aromatic heterocycles. The zero-order valence-electron chi connectivity index (χ0n) is 25.5. The van der Waals surface area contributed by atoms with Crippen molar-refractivity contribution in [2.75, 3.05) is 24.7 Å². The number of ether oxygens (including phenoxy) is 2. The first-order valence-corrected chi connectivity index (χ1v) is 16.6. The van der Waals surface area contributed by atoms with E-state index in [2.05, 4.69) is 13.8 Å². The molecule has 0 atom stereocenters. The van der Waals surface area contributed by atoms with E-state index in [9.17, 15) is 0 Å². The second-order valence-corrected chi connectivity index (χ2v) is 11.4. The third-order valence-corrected chi connectivity index (χ3v) is 7.65. The van der Waals surface area contributed by atoms with E-state index in [1.165, 1.54) is 141 Å². The molecule has 4 heteroatoms. The minimum atomic E-state index is 0.614. The van der Waals surface area contributed by atoms with Gasteiger partial charge in [-0.25, -0.2) is 0 Å². The maximum Gasteiger partial charge on any atom is 0.144 e. The van der Waals surface area contributed by atoms with Gasteiger partial charge in [-0.3, -0.25) is 0 Å². The van der Waals surface area contributed by atoms with Crippen LogP contribution in [0.25, 0.3) is 0 Å². The third kappa shape index (κ3) is 19.5. The first kappa shape index (κ1) is 34.4. The summed E-state index contributed by atoms with van der Waals surface area (Å²) in [6.45, 7) is 5.95. The van der Waals surface area contributed by atoms with Crippen molar-refractivity contribution in [1.29, 1.82) is 0 Å². The second-order valence-electron chi connectivity index (χ2n) is 11.4. The summed E-state index contributed by atoms with van der Waals surface area (Å²) in [6.07, 6.45) is 32.2. The Hall–Kier alpha value is -1.58. The molecule has 0 saturated carbocycles. The molecule has 0 heterocycles. The van der Waals surface area contributed by atoms with Crippen molar-refractivity contribution in [3.63, 3.8) is 0 Å². The van der Waals surface area contributed by atoms with Crippen molar-refractivity contribution >= 4 is 11.4 Å². The van der Waals surface area contributed by atoms with Gasteiger partial charge in [-0.2, -0.15) is 0 Å². The number of unbranched alkanes of at least 4 members (excludes halogenated alkanes) is 22. The van der Waals surface area contributed by atoms with Crippen molar-refractivity contribution in [2.24, 2.45) is 0 Å². The van der Waals surface area contributed by atoms with Gasteiger partial charge in [0.1, 0.15) is 11.5 Å². The fourth-order valence-corrected chi connectivity index (χ4v) is 5.09. The topological polar surface area (TPSA) is 70.5 Å². The van der Waals surface area contributed by atoms with Crippen LogP contribution in [0, 0.1) is 0 Å². The van der Waals surface area contributed by atoms with E-state index in [1.54, 1.807) is 0 Å². The highest BCUT2D eigenvalue weighted by atomic mass is 16.5. The molecular weight excluding hydrogens is 468 g/mol. The molecule has 4 nitrogen and oxygen atoms in total. The zero-order chi connectivity index (χ0) is 27.5. The highest BCUT2D eigenvalue weighted by molar-refractivity contribution is 5.67. The van der Waals surface area contributed by atoms with Crippen LogP contribution in [0.5, 0.6) is 11.5 Å². The van der Waals surface area contributed by atoms with Crippen LogP contribution in [0.1, 0.15) is 168 Å². The van der Waals surface area contributed by atoms with Gasteiger partial charge in [-0.05, 0) is 12.8 Å². The fourth-order valence-electron chi connectivity index (χ4n) is 5.09. The molecule has 0 saturated heterocycles. The van der Waals surface area contributed by atoms with Crippen LogP contribution in [0.3, 0.4) is 0 Å². The average molecular weight is 533 g/mol. The van der Waals surface area contributed by atoms with E-state index in [0.29, 0.717) is 36.1 Å². The van der Waals surface area contributed by atoms with Crippen LogP contribution in [0.15, 0.2) is 12.1 Å². The Morgan fingerprint density at radius 1 is 0.395 bits per heavy atom. The van der Waals surface area contributed by atoms with E-state index in [0.717, 1.165) is 12.8 Å². The summed E-state index contributed by atoms with van der Waals surface area (Å²) in [4.78, 5) is 0. The summed E-state index contributed by atoms with van der Waals surface area (Å²) in [5.41, 5.74) is 13.7. The number of nitrogens with two attached hydrogens (primary N) is 2. The van der Waals surface area contributed by atoms with Crippen LogP contribution in [0.2, 0.25) is 0 Å². The molecule has 1 aromatic carbocycles. The van der Waals surface area contributed by atoms with E-state index in [4.69, 9.17) is 20.9 Å². The molecule has 0 fully saturated rings. The van der Waals surface area contributed by atoms with Crippen molar-refractivity contribution in [2.45, 2.75) is 168 Å². The lowest BCUT2D eigenvalue weighted by Crippen LogP contribution is -2.05. The molecule has 0 unspecified atom stereocenters. The van der Waals surface area contributed by atoms with Gasteiger partial charge < -0.3 is 20.9 Å².